The van der Waals surface area contributed by atoms with E-state index in [-0.39, 0.29) is 5.97 Å². The van der Waals surface area contributed by atoms with Crippen LogP contribution in [0, 0.1) is 11.8 Å². The van der Waals surface area contributed by atoms with Crippen molar-refractivity contribution in [1.82, 2.24) is 0 Å². The van der Waals surface area contributed by atoms with Gasteiger partial charge in [-0.15, -0.1) is 0 Å². The molecule has 0 bridgehead atoms. The van der Waals surface area contributed by atoms with Gasteiger partial charge in [0, 0.05) is 5.57 Å². The highest BCUT2D eigenvalue weighted by atomic mass is 16.5. The molecule has 92 valence electrons. The van der Waals surface area contributed by atoms with Crippen molar-refractivity contribution >= 4 is 5.97 Å². The lowest BCUT2D eigenvalue weighted by molar-refractivity contribution is -0.139. The van der Waals surface area contributed by atoms with Gasteiger partial charge in [-0.25, -0.2) is 4.79 Å². The summed E-state index contributed by atoms with van der Waals surface area (Å²) < 4.78 is 5.23. The topological polar surface area (TPSA) is 26.3 Å². The summed E-state index contributed by atoms with van der Waals surface area (Å²) in [6, 6.07) is 0. The van der Waals surface area contributed by atoms with Crippen molar-refractivity contribution in [3.63, 3.8) is 0 Å². The molecule has 2 heteroatoms. The molecule has 0 aromatic heterocycles. The van der Waals surface area contributed by atoms with Crippen LogP contribution in [0.4, 0.5) is 0 Å². The molecular formula is C14H24O2. The highest BCUT2D eigenvalue weighted by Crippen LogP contribution is 2.30. The van der Waals surface area contributed by atoms with Gasteiger partial charge < -0.3 is 4.74 Å². The number of ether oxygens (including phenoxy) is 1. The maximum atomic E-state index is 11.7. The van der Waals surface area contributed by atoms with Crippen molar-refractivity contribution in [3.05, 3.63) is 12.2 Å². The van der Waals surface area contributed by atoms with Crippen LogP contribution in [0.2, 0.25) is 0 Å². The van der Waals surface area contributed by atoms with E-state index in [4.69, 9.17) is 4.74 Å². The van der Waals surface area contributed by atoms with Crippen LogP contribution in [0.15, 0.2) is 12.2 Å². The minimum absolute atomic E-state index is 0.171. The number of hydrogen-bond acceptors (Lipinski definition) is 2. The number of rotatable bonds is 6. The van der Waals surface area contributed by atoms with Gasteiger partial charge in [0.05, 0.1) is 6.61 Å². The van der Waals surface area contributed by atoms with Crippen LogP contribution in [0.25, 0.3) is 0 Å². The standard InChI is InChI=1S/C14H24O2/c1-11(2)7-6-10-16-14(15)12(3)13-8-4-5-9-13/h11,13H,3-10H2,1-2H3. The Balaban J connectivity index is 2.16. The van der Waals surface area contributed by atoms with Crippen LogP contribution >= 0.6 is 0 Å². The quantitative estimate of drug-likeness (QED) is 0.390. The lowest BCUT2D eigenvalue weighted by atomic mass is 9.99. The average Bonchev–Trinajstić information content (AvgIpc) is 2.76. The van der Waals surface area contributed by atoms with Gasteiger partial charge in [0.2, 0.25) is 0 Å². The first-order chi connectivity index (χ1) is 7.61. The summed E-state index contributed by atoms with van der Waals surface area (Å²) in [5.41, 5.74) is 0.696. The Morgan fingerprint density at radius 3 is 2.56 bits per heavy atom. The fraction of sp³-hybridized carbons (Fsp3) is 0.786. The summed E-state index contributed by atoms with van der Waals surface area (Å²) in [6.07, 6.45) is 6.75. The van der Waals surface area contributed by atoms with Crippen molar-refractivity contribution in [2.75, 3.05) is 6.61 Å². The molecular weight excluding hydrogens is 200 g/mol. The van der Waals surface area contributed by atoms with Gasteiger partial charge >= 0.3 is 5.97 Å². The zero-order valence-corrected chi connectivity index (χ0v) is 10.6. The summed E-state index contributed by atoms with van der Waals surface area (Å²) in [7, 11) is 0. The molecule has 2 nitrogen and oxygen atoms in total. The number of carbonyl (C=O) groups excluding carboxylic acids is 1. The van der Waals surface area contributed by atoms with E-state index in [0.717, 1.165) is 25.7 Å². The third-order valence-corrected chi connectivity index (χ3v) is 3.27. The van der Waals surface area contributed by atoms with Gasteiger partial charge in [0.15, 0.2) is 0 Å². The molecule has 0 heterocycles. The van der Waals surface area contributed by atoms with E-state index in [1.807, 2.05) is 0 Å². The van der Waals surface area contributed by atoms with Gasteiger partial charge in [-0.3, -0.25) is 0 Å². The molecule has 16 heavy (non-hydrogen) atoms. The summed E-state index contributed by atoms with van der Waals surface area (Å²) in [5, 5.41) is 0. The highest BCUT2D eigenvalue weighted by molar-refractivity contribution is 5.88. The molecule has 1 aliphatic carbocycles. The first-order valence-corrected chi connectivity index (χ1v) is 6.47. The van der Waals surface area contributed by atoms with Crippen molar-refractivity contribution in [2.45, 2.75) is 52.4 Å². The minimum atomic E-state index is -0.171. The largest absolute Gasteiger partial charge is 0.462 e. The zero-order valence-electron chi connectivity index (χ0n) is 10.6. The van der Waals surface area contributed by atoms with Crippen LogP contribution in [0.5, 0.6) is 0 Å². The second-order valence-electron chi connectivity index (χ2n) is 5.18. The van der Waals surface area contributed by atoms with Crippen LogP contribution in [0.1, 0.15) is 52.4 Å². The Labute approximate surface area is 99.1 Å². The SMILES string of the molecule is C=C(C(=O)OCCCC(C)C)C1CCCC1. The molecule has 0 spiro atoms. The molecule has 0 unspecified atom stereocenters. The van der Waals surface area contributed by atoms with Gasteiger partial charge in [-0.1, -0.05) is 33.3 Å². The van der Waals surface area contributed by atoms with Crippen molar-refractivity contribution in [1.29, 1.82) is 0 Å². The molecule has 1 aliphatic rings. The smallest absolute Gasteiger partial charge is 0.333 e. The number of hydrogen-bond donors (Lipinski definition) is 0. The molecule has 0 saturated heterocycles. The molecule has 0 atom stereocenters. The van der Waals surface area contributed by atoms with Gasteiger partial charge in [-0.05, 0) is 37.5 Å². The molecule has 1 rings (SSSR count). The fourth-order valence-electron chi connectivity index (χ4n) is 2.19. The molecule has 0 aromatic rings. The van der Waals surface area contributed by atoms with E-state index in [2.05, 4.69) is 20.4 Å². The number of carbonyl (C=O) groups is 1. The van der Waals surface area contributed by atoms with E-state index in [1.54, 1.807) is 0 Å². The van der Waals surface area contributed by atoms with Crippen LogP contribution < -0.4 is 0 Å². The van der Waals surface area contributed by atoms with Crippen LogP contribution in [-0.2, 0) is 9.53 Å². The predicted octanol–water partition coefficient (Wildman–Crippen LogP) is 3.71. The summed E-state index contributed by atoms with van der Waals surface area (Å²) in [6.45, 7) is 8.78. The predicted molar refractivity (Wildman–Crippen MR) is 66.1 cm³/mol. The minimum Gasteiger partial charge on any atom is -0.462 e. The monoisotopic (exact) mass is 224 g/mol. The van der Waals surface area contributed by atoms with E-state index in [1.165, 1.54) is 12.8 Å². The van der Waals surface area contributed by atoms with Gasteiger partial charge in [-0.2, -0.15) is 0 Å². The Morgan fingerprint density at radius 1 is 1.38 bits per heavy atom. The van der Waals surface area contributed by atoms with E-state index in [9.17, 15) is 4.79 Å². The Morgan fingerprint density at radius 2 is 2.00 bits per heavy atom. The number of esters is 1. The first kappa shape index (κ1) is 13.3. The maximum Gasteiger partial charge on any atom is 0.333 e. The molecule has 1 saturated carbocycles. The fourth-order valence-corrected chi connectivity index (χ4v) is 2.19. The maximum absolute atomic E-state index is 11.7. The summed E-state index contributed by atoms with van der Waals surface area (Å²) in [4.78, 5) is 11.7. The zero-order chi connectivity index (χ0) is 12.0. The Bertz CT molecular complexity index is 237. The van der Waals surface area contributed by atoms with Crippen molar-refractivity contribution in [2.24, 2.45) is 11.8 Å². The first-order valence-electron chi connectivity index (χ1n) is 6.47. The molecule has 0 N–H and O–H groups in total. The molecule has 0 aromatic carbocycles. The summed E-state index contributed by atoms with van der Waals surface area (Å²) in [5.74, 6) is 0.894. The second kappa shape index (κ2) is 6.72. The Kier molecular flexibility index (Phi) is 5.58. The van der Waals surface area contributed by atoms with Crippen molar-refractivity contribution in [3.8, 4) is 0 Å². The highest BCUT2D eigenvalue weighted by Gasteiger charge is 2.23. The van der Waals surface area contributed by atoms with Crippen LogP contribution in [0.3, 0.4) is 0 Å². The molecule has 1 fully saturated rings. The third-order valence-electron chi connectivity index (χ3n) is 3.27. The lowest BCUT2D eigenvalue weighted by Gasteiger charge is -2.12. The normalized spacial score (nSPS) is 16.7. The molecule has 0 amide bonds. The molecule has 0 radical (unpaired) electrons. The van der Waals surface area contributed by atoms with Gasteiger partial charge in [0.1, 0.15) is 0 Å². The van der Waals surface area contributed by atoms with Crippen LogP contribution in [-0.4, -0.2) is 12.6 Å². The van der Waals surface area contributed by atoms with E-state index in [0.29, 0.717) is 24.0 Å². The lowest BCUT2D eigenvalue weighted by Crippen LogP contribution is -2.14. The van der Waals surface area contributed by atoms with E-state index < -0.39 is 0 Å². The van der Waals surface area contributed by atoms with Crippen molar-refractivity contribution < 1.29 is 9.53 Å². The Hall–Kier alpha value is -0.790. The third kappa shape index (κ3) is 4.38. The van der Waals surface area contributed by atoms with Gasteiger partial charge in [0.25, 0.3) is 0 Å². The second-order valence-corrected chi connectivity index (χ2v) is 5.18. The van der Waals surface area contributed by atoms with E-state index >= 15 is 0 Å². The summed E-state index contributed by atoms with van der Waals surface area (Å²) >= 11 is 0. The molecule has 0 aliphatic heterocycles. The average molecular weight is 224 g/mol.